The molecule has 2 atom stereocenters. The van der Waals surface area contributed by atoms with Crippen molar-refractivity contribution in [1.29, 1.82) is 0 Å². The molecule has 0 aromatic rings. The zero-order valence-electron chi connectivity index (χ0n) is 9.17. The monoisotopic (exact) mass is 198 g/mol. The fourth-order valence-corrected chi connectivity index (χ4v) is 3.01. The molecule has 1 saturated carbocycles. The summed E-state index contributed by atoms with van der Waals surface area (Å²) in [5, 5.41) is 0. The highest BCUT2D eigenvalue weighted by Crippen LogP contribution is 2.38. The first-order valence-corrected chi connectivity index (χ1v) is 5.80. The average Bonchev–Trinajstić information content (AvgIpc) is 2.63. The van der Waals surface area contributed by atoms with Gasteiger partial charge in [-0.3, -0.25) is 4.90 Å². The van der Waals surface area contributed by atoms with Crippen molar-refractivity contribution >= 4 is 0 Å². The molecule has 3 nitrogen and oxygen atoms in total. The smallest absolute Gasteiger partial charge is 0.0594 e. The van der Waals surface area contributed by atoms with Crippen LogP contribution in [0.25, 0.3) is 0 Å². The predicted molar refractivity (Wildman–Crippen MR) is 57.2 cm³/mol. The van der Waals surface area contributed by atoms with Crippen LogP contribution < -0.4 is 5.73 Å². The summed E-state index contributed by atoms with van der Waals surface area (Å²) >= 11 is 0. The van der Waals surface area contributed by atoms with Crippen molar-refractivity contribution in [3.8, 4) is 0 Å². The van der Waals surface area contributed by atoms with E-state index in [1.807, 2.05) is 0 Å². The molecule has 0 spiro atoms. The summed E-state index contributed by atoms with van der Waals surface area (Å²) in [7, 11) is 0. The van der Waals surface area contributed by atoms with Crippen LogP contribution in [-0.4, -0.2) is 43.3 Å². The summed E-state index contributed by atoms with van der Waals surface area (Å²) in [6, 6.07) is 0. The van der Waals surface area contributed by atoms with Gasteiger partial charge in [-0.1, -0.05) is 6.92 Å². The Bertz CT molecular complexity index is 192. The first-order chi connectivity index (χ1) is 6.77. The van der Waals surface area contributed by atoms with E-state index in [1.54, 1.807) is 0 Å². The van der Waals surface area contributed by atoms with Gasteiger partial charge in [0.1, 0.15) is 0 Å². The molecule has 2 fully saturated rings. The molecule has 14 heavy (non-hydrogen) atoms. The maximum Gasteiger partial charge on any atom is 0.0594 e. The molecule has 0 bridgehead atoms. The molecule has 2 N–H and O–H groups in total. The maximum absolute atomic E-state index is 5.98. The Kier molecular flexibility index (Phi) is 3.10. The van der Waals surface area contributed by atoms with Crippen molar-refractivity contribution < 1.29 is 4.74 Å². The van der Waals surface area contributed by atoms with Crippen molar-refractivity contribution in [2.45, 2.75) is 31.7 Å². The third-order valence-electron chi connectivity index (χ3n) is 3.89. The highest BCUT2D eigenvalue weighted by molar-refractivity contribution is 4.98. The number of rotatable bonds is 2. The number of morpholine rings is 1. The van der Waals surface area contributed by atoms with Crippen molar-refractivity contribution in [3.05, 3.63) is 0 Å². The molecule has 2 rings (SSSR count). The van der Waals surface area contributed by atoms with Gasteiger partial charge in [0.15, 0.2) is 0 Å². The summed E-state index contributed by atoms with van der Waals surface area (Å²) in [5.41, 5.74) is 6.29. The minimum absolute atomic E-state index is 0.309. The predicted octanol–water partition coefficient (Wildman–Crippen LogP) is 0.836. The first-order valence-electron chi connectivity index (χ1n) is 5.80. The molecule has 1 saturated heterocycles. The zero-order chi connectivity index (χ0) is 10.0. The fourth-order valence-electron chi connectivity index (χ4n) is 3.01. The van der Waals surface area contributed by atoms with Gasteiger partial charge in [-0.15, -0.1) is 0 Å². The van der Waals surface area contributed by atoms with Gasteiger partial charge < -0.3 is 10.5 Å². The summed E-state index contributed by atoms with van der Waals surface area (Å²) in [6.45, 7) is 7.08. The lowest BCUT2D eigenvalue weighted by atomic mass is 9.93. The summed E-state index contributed by atoms with van der Waals surface area (Å²) in [4.78, 5) is 2.57. The second kappa shape index (κ2) is 4.17. The zero-order valence-corrected chi connectivity index (χ0v) is 9.17. The standard InChI is InChI=1S/C11H22N2O/c1-10-2-3-11(8-10,9-12)13-4-6-14-7-5-13/h10H,2-9,12H2,1H3. The van der Waals surface area contributed by atoms with E-state index in [-0.39, 0.29) is 0 Å². The van der Waals surface area contributed by atoms with Gasteiger partial charge in [0.05, 0.1) is 13.2 Å². The van der Waals surface area contributed by atoms with Crippen LogP contribution in [-0.2, 0) is 4.74 Å². The second-order valence-electron chi connectivity index (χ2n) is 4.88. The Morgan fingerprint density at radius 1 is 1.43 bits per heavy atom. The Hall–Kier alpha value is -0.120. The highest BCUT2D eigenvalue weighted by atomic mass is 16.5. The van der Waals surface area contributed by atoms with Crippen LogP contribution >= 0.6 is 0 Å². The molecule has 2 aliphatic rings. The van der Waals surface area contributed by atoms with Gasteiger partial charge >= 0.3 is 0 Å². The van der Waals surface area contributed by atoms with Crippen LogP contribution in [0, 0.1) is 5.92 Å². The van der Waals surface area contributed by atoms with Gasteiger partial charge in [-0.2, -0.15) is 0 Å². The highest BCUT2D eigenvalue weighted by Gasteiger charge is 2.41. The first kappa shape index (κ1) is 10.4. The third-order valence-corrected chi connectivity index (χ3v) is 3.89. The molecule has 0 amide bonds. The Morgan fingerprint density at radius 3 is 2.64 bits per heavy atom. The average molecular weight is 198 g/mol. The largest absolute Gasteiger partial charge is 0.379 e. The Labute approximate surface area is 86.6 Å². The van der Waals surface area contributed by atoms with E-state index in [4.69, 9.17) is 10.5 Å². The third kappa shape index (κ3) is 1.81. The van der Waals surface area contributed by atoms with Crippen LogP contribution in [0.5, 0.6) is 0 Å². The molecule has 1 aliphatic heterocycles. The van der Waals surface area contributed by atoms with E-state index in [9.17, 15) is 0 Å². The Morgan fingerprint density at radius 2 is 2.14 bits per heavy atom. The minimum atomic E-state index is 0.309. The molecule has 1 aliphatic carbocycles. The molecule has 0 aromatic carbocycles. The molecule has 2 unspecified atom stereocenters. The number of hydrogen-bond donors (Lipinski definition) is 1. The van der Waals surface area contributed by atoms with Crippen molar-refractivity contribution in [3.63, 3.8) is 0 Å². The van der Waals surface area contributed by atoms with Crippen molar-refractivity contribution in [2.75, 3.05) is 32.8 Å². The van der Waals surface area contributed by atoms with Gasteiger partial charge in [0.2, 0.25) is 0 Å². The minimum Gasteiger partial charge on any atom is -0.379 e. The number of nitrogens with zero attached hydrogens (tertiary/aromatic N) is 1. The molecule has 3 heteroatoms. The van der Waals surface area contributed by atoms with Crippen LogP contribution in [0.15, 0.2) is 0 Å². The fraction of sp³-hybridized carbons (Fsp3) is 1.00. The van der Waals surface area contributed by atoms with Crippen LogP contribution in [0.2, 0.25) is 0 Å². The normalized spacial score (nSPS) is 40.3. The molecular formula is C11H22N2O. The van der Waals surface area contributed by atoms with E-state index in [0.717, 1.165) is 38.8 Å². The second-order valence-corrected chi connectivity index (χ2v) is 4.88. The molecular weight excluding hydrogens is 176 g/mol. The molecule has 82 valence electrons. The number of hydrogen-bond acceptors (Lipinski definition) is 3. The van der Waals surface area contributed by atoms with Crippen molar-refractivity contribution in [1.82, 2.24) is 4.90 Å². The quantitative estimate of drug-likeness (QED) is 0.714. The lowest BCUT2D eigenvalue weighted by Crippen LogP contribution is -2.56. The van der Waals surface area contributed by atoms with E-state index in [2.05, 4.69) is 11.8 Å². The van der Waals surface area contributed by atoms with Crippen LogP contribution in [0.1, 0.15) is 26.2 Å². The van der Waals surface area contributed by atoms with Crippen molar-refractivity contribution in [2.24, 2.45) is 11.7 Å². The Balaban J connectivity index is 2.03. The van der Waals surface area contributed by atoms with E-state index < -0.39 is 0 Å². The topological polar surface area (TPSA) is 38.5 Å². The lowest BCUT2D eigenvalue weighted by molar-refractivity contribution is -0.0186. The summed E-state index contributed by atoms with van der Waals surface area (Å²) in [6.07, 6.45) is 3.91. The van der Waals surface area contributed by atoms with Gasteiger partial charge in [0, 0.05) is 25.2 Å². The molecule has 1 heterocycles. The number of nitrogens with two attached hydrogens (primary N) is 1. The summed E-state index contributed by atoms with van der Waals surface area (Å²) in [5.74, 6) is 0.849. The van der Waals surface area contributed by atoms with Crippen LogP contribution in [0.4, 0.5) is 0 Å². The SMILES string of the molecule is CC1CCC(CN)(N2CCOCC2)C1. The lowest BCUT2D eigenvalue weighted by Gasteiger charge is -2.43. The van der Waals surface area contributed by atoms with Gasteiger partial charge in [-0.05, 0) is 25.2 Å². The molecule has 0 aromatic heterocycles. The maximum atomic E-state index is 5.98. The van der Waals surface area contributed by atoms with Crippen LogP contribution in [0.3, 0.4) is 0 Å². The van der Waals surface area contributed by atoms with E-state index >= 15 is 0 Å². The van der Waals surface area contributed by atoms with Gasteiger partial charge in [-0.25, -0.2) is 0 Å². The molecule has 0 radical (unpaired) electrons. The van der Waals surface area contributed by atoms with E-state index in [0.29, 0.717) is 5.54 Å². The van der Waals surface area contributed by atoms with E-state index in [1.165, 1.54) is 19.3 Å². The summed E-state index contributed by atoms with van der Waals surface area (Å²) < 4.78 is 5.39. The van der Waals surface area contributed by atoms with Gasteiger partial charge in [0.25, 0.3) is 0 Å². The number of ether oxygens (including phenoxy) is 1.